The van der Waals surface area contributed by atoms with Crippen molar-refractivity contribution in [3.8, 4) is 5.69 Å². The third-order valence-electron chi connectivity index (χ3n) is 5.46. The van der Waals surface area contributed by atoms with Gasteiger partial charge in [-0.1, -0.05) is 36.4 Å². The van der Waals surface area contributed by atoms with Crippen molar-refractivity contribution in [2.45, 2.75) is 56.9 Å². The molecular formula is C22H22N4O2S2. The van der Waals surface area contributed by atoms with Crippen LogP contribution in [0.25, 0.3) is 15.9 Å². The molecule has 5 rings (SSSR count). The molecule has 30 heavy (non-hydrogen) atoms. The van der Waals surface area contributed by atoms with Crippen molar-refractivity contribution < 1.29 is 4.42 Å². The molecule has 0 radical (unpaired) electrons. The summed E-state index contributed by atoms with van der Waals surface area (Å²) in [6.07, 6.45) is 5.55. The average molecular weight is 439 g/mol. The molecule has 0 saturated heterocycles. The second-order valence-electron chi connectivity index (χ2n) is 7.57. The molecule has 0 amide bonds. The summed E-state index contributed by atoms with van der Waals surface area (Å²) in [7, 11) is 0. The second kappa shape index (κ2) is 8.00. The monoisotopic (exact) mass is 438 g/mol. The number of hydrogen-bond donors (Lipinski definition) is 0. The highest BCUT2D eigenvalue weighted by atomic mass is 32.2. The van der Waals surface area contributed by atoms with Crippen molar-refractivity contribution in [2.24, 2.45) is 0 Å². The number of aromatic nitrogens is 4. The van der Waals surface area contributed by atoms with Crippen LogP contribution in [0.5, 0.6) is 0 Å². The fraction of sp³-hybridized carbons (Fsp3) is 0.364. The molecule has 8 heteroatoms. The zero-order valence-corrected chi connectivity index (χ0v) is 18.6. The summed E-state index contributed by atoms with van der Waals surface area (Å²) in [6, 6.07) is 7.95. The van der Waals surface area contributed by atoms with Crippen molar-refractivity contribution in [1.29, 1.82) is 0 Å². The lowest BCUT2D eigenvalue weighted by Gasteiger charge is -2.14. The minimum absolute atomic E-state index is 0.0258. The van der Waals surface area contributed by atoms with Crippen LogP contribution in [0.3, 0.4) is 0 Å². The first kappa shape index (κ1) is 19.5. The maximum Gasteiger partial charge on any atom is 0.267 e. The van der Waals surface area contributed by atoms with Gasteiger partial charge in [0.2, 0.25) is 11.8 Å². The smallest absolute Gasteiger partial charge is 0.267 e. The lowest BCUT2D eigenvalue weighted by molar-refractivity contribution is 0.485. The van der Waals surface area contributed by atoms with Gasteiger partial charge >= 0.3 is 0 Å². The van der Waals surface area contributed by atoms with Crippen LogP contribution in [-0.4, -0.2) is 19.7 Å². The summed E-state index contributed by atoms with van der Waals surface area (Å²) in [5.41, 5.74) is 3.15. The largest absolute Gasteiger partial charge is 0.425 e. The Hall–Kier alpha value is -2.45. The Balaban J connectivity index is 1.70. The van der Waals surface area contributed by atoms with Crippen molar-refractivity contribution in [2.75, 3.05) is 0 Å². The molecule has 154 valence electrons. The van der Waals surface area contributed by atoms with Crippen molar-refractivity contribution in [3.63, 3.8) is 0 Å². The molecule has 0 bridgehead atoms. The SMILES string of the molecule is Cc1nnc(CSc2nc3sc4c(c3c(=O)n2-c2ccccc2C)CCCCC4)o1. The third-order valence-corrected chi connectivity index (χ3v) is 7.57. The van der Waals surface area contributed by atoms with E-state index < -0.39 is 0 Å². The Labute approximate surface area is 182 Å². The topological polar surface area (TPSA) is 73.8 Å². The van der Waals surface area contributed by atoms with Gasteiger partial charge in [-0.3, -0.25) is 9.36 Å². The van der Waals surface area contributed by atoms with E-state index >= 15 is 0 Å². The number of thioether (sulfide) groups is 1. The molecule has 1 aliphatic rings. The Morgan fingerprint density at radius 1 is 1.13 bits per heavy atom. The lowest BCUT2D eigenvalue weighted by Crippen LogP contribution is -2.22. The van der Waals surface area contributed by atoms with Crippen molar-refractivity contribution in [3.05, 3.63) is 62.4 Å². The van der Waals surface area contributed by atoms with Crippen LogP contribution in [0.2, 0.25) is 0 Å². The summed E-state index contributed by atoms with van der Waals surface area (Å²) in [6.45, 7) is 3.80. The van der Waals surface area contributed by atoms with Gasteiger partial charge in [0.25, 0.3) is 5.56 Å². The maximum atomic E-state index is 13.8. The van der Waals surface area contributed by atoms with Gasteiger partial charge in [0.15, 0.2) is 5.16 Å². The van der Waals surface area contributed by atoms with Crippen LogP contribution in [0.4, 0.5) is 0 Å². The summed E-state index contributed by atoms with van der Waals surface area (Å²) in [4.78, 5) is 21.0. The maximum absolute atomic E-state index is 13.8. The van der Waals surface area contributed by atoms with E-state index in [0.717, 1.165) is 40.7 Å². The number of fused-ring (bicyclic) bond motifs is 3. The van der Waals surface area contributed by atoms with Crippen LogP contribution in [0, 0.1) is 13.8 Å². The minimum atomic E-state index is 0.0258. The van der Waals surface area contributed by atoms with E-state index in [1.54, 1.807) is 22.8 Å². The van der Waals surface area contributed by atoms with Gasteiger partial charge in [0.05, 0.1) is 16.8 Å². The number of thiophene rings is 1. The van der Waals surface area contributed by atoms with Crippen LogP contribution in [-0.2, 0) is 18.6 Å². The molecule has 3 heterocycles. The van der Waals surface area contributed by atoms with Crippen LogP contribution < -0.4 is 5.56 Å². The Morgan fingerprint density at radius 3 is 2.77 bits per heavy atom. The first-order valence-electron chi connectivity index (χ1n) is 10.2. The first-order chi connectivity index (χ1) is 14.6. The second-order valence-corrected chi connectivity index (χ2v) is 9.60. The van der Waals surface area contributed by atoms with Crippen LogP contribution >= 0.6 is 23.1 Å². The Kier molecular flexibility index (Phi) is 5.20. The number of rotatable bonds is 4. The zero-order valence-electron chi connectivity index (χ0n) is 17.0. The Morgan fingerprint density at radius 2 is 1.97 bits per heavy atom. The number of aryl methyl sites for hydroxylation is 4. The van der Waals surface area contributed by atoms with Crippen molar-refractivity contribution in [1.82, 2.24) is 19.7 Å². The number of nitrogens with zero attached hydrogens (tertiary/aromatic N) is 4. The predicted octanol–water partition coefficient (Wildman–Crippen LogP) is 5.01. The van der Waals surface area contributed by atoms with E-state index in [1.165, 1.54) is 35.0 Å². The van der Waals surface area contributed by atoms with Crippen LogP contribution in [0.15, 0.2) is 38.6 Å². The molecule has 0 atom stereocenters. The fourth-order valence-corrected chi connectivity index (χ4v) is 6.15. The molecule has 4 aromatic rings. The summed E-state index contributed by atoms with van der Waals surface area (Å²) >= 11 is 3.14. The van der Waals surface area contributed by atoms with E-state index in [1.807, 2.05) is 31.2 Å². The fourth-order valence-electron chi connectivity index (χ4n) is 4.01. The van der Waals surface area contributed by atoms with E-state index in [0.29, 0.717) is 22.7 Å². The molecule has 0 aliphatic heterocycles. The quantitative estimate of drug-likeness (QED) is 0.253. The van der Waals surface area contributed by atoms with Gasteiger partial charge in [-0.2, -0.15) is 0 Å². The van der Waals surface area contributed by atoms with E-state index in [9.17, 15) is 4.79 Å². The van der Waals surface area contributed by atoms with E-state index in [2.05, 4.69) is 10.2 Å². The van der Waals surface area contributed by atoms with Crippen molar-refractivity contribution >= 4 is 33.3 Å². The highest BCUT2D eigenvalue weighted by Gasteiger charge is 2.23. The lowest BCUT2D eigenvalue weighted by atomic mass is 10.1. The number of para-hydroxylation sites is 1. The molecule has 0 fully saturated rings. The molecule has 0 saturated carbocycles. The molecule has 1 aliphatic carbocycles. The van der Waals surface area contributed by atoms with Gasteiger partial charge < -0.3 is 4.42 Å². The third kappa shape index (κ3) is 3.48. The highest BCUT2D eigenvalue weighted by molar-refractivity contribution is 7.98. The minimum Gasteiger partial charge on any atom is -0.425 e. The van der Waals surface area contributed by atoms with Gasteiger partial charge in [0.1, 0.15) is 4.83 Å². The van der Waals surface area contributed by atoms with E-state index in [-0.39, 0.29) is 5.56 Å². The highest BCUT2D eigenvalue weighted by Crippen LogP contribution is 2.35. The molecule has 6 nitrogen and oxygen atoms in total. The predicted molar refractivity (Wildman–Crippen MR) is 120 cm³/mol. The average Bonchev–Trinajstić information content (AvgIpc) is 3.23. The zero-order chi connectivity index (χ0) is 20.7. The van der Waals surface area contributed by atoms with Gasteiger partial charge in [-0.25, -0.2) is 4.98 Å². The molecule has 3 aromatic heterocycles. The summed E-state index contributed by atoms with van der Waals surface area (Å²) in [5.74, 6) is 1.54. The molecule has 0 unspecified atom stereocenters. The summed E-state index contributed by atoms with van der Waals surface area (Å²) in [5, 5.41) is 9.44. The number of hydrogen-bond acceptors (Lipinski definition) is 7. The molecule has 0 spiro atoms. The first-order valence-corrected chi connectivity index (χ1v) is 12.0. The Bertz CT molecular complexity index is 1290. The summed E-state index contributed by atoms with van der Waals surface area (Å²) < 4.78 is 7.28. The number of benzene rings is 1. The standard InChI is InChI=1S/C22H22N4O2S2/c1-13-8-6-7-10-16(13)26-21(27)19-15-9-4-3-5-11-17(15)30-20(19)23-22(26)29-12-18-25-24-14(2)28-18/h6-8,10H,3-5,9,11-12H2,1-2H3. The molecular weight excluding hydrogens is 416 g/mol. The van der Waals surface area contributed by atoms with Gasteiger partial charge in [0, 0.05) is 11.8 Å². The van der Waals surface area contributed by atoms with Gasteiger partial charge in [-0.05, 0) is 49.8 Å². The molecule has 1 aromatic carbocycles. The van der Waals surface area contributed by atoms with Crippen LogP contribution in [0.1, 0.15) is 47.0 Å². The molecule has 0 N–H and O–H groups in total. The normalized spacial score (nSPS) is 14.1. The van der Waals surface area contributed by atoms with E-state index in [4.69, 9.17) is 9.40 Å². The van der Waals surface area contributed by atoms with Gasteiger partial charge in [-0.15, -0.1) is 21.5 Å².